The summed E-state index contributed by atoms with van der Waals surface area (Å²) in [6.07, 6.45) is 3.02. The molecule has 0 fully saturated rings. The number of H-pyrrole nitrogens is 1. The Balaban J connectivity index is 2.00. The number of rotatable bonds is 6. The fraction of sp³-hybridized carbons (Fsp3) is 0.571. The number of hydrogen-bond acceptors (Lipinski definition) is 4. The Bertz CT molecular complexity index is 595. The van der Waals surface area contributed by atoms with Gasteiger partial charge in [0.2, 0.25) is 5.91 Å². The second-order valence-electron chi connectivity index (χ2n) is 5.26. The molecule has 0 aliphatic carbocycles. The van der Waals surface area contributed by atoms with Crippen molar-refractivity contribution in [2.75, 3.05) is 0 Å². The molecule has 0 aliphatic heterocycles. The van der Waals surface area contributed by atoms with Crippen molar-refractivity contribution in [2.45, 2.75) is 53.1 Å². The second-order valence-corrected chi connectivity index (χ2v) is 5.26. The molecule has 7 nitrogen and oxygen atoms in total. The molecule has 1 atom stereocenters. The number of carbonyl (C=O) groups excluding carboxylic acids is 1. The van der Waals surface area contributed by atoms with Gasteiger partial charge in [-0.05, 0) is 27.2 Å². The fourth-order valence-electron chi connectivity index (χ4n) is 2.36. The Morgan fingerprint density at radius 3 is 2.86 bits per heavy atom. The molecular formula is C14H22N6O. The molecule has 7 heteroatoms. The summed E-state index contributed by atoms with van der Waals surface area (Å²) in [6, 6.07) is -0.168. The third-order valence-corrected chi connectivity index (χ3v) is 3.49. The minimum Gasteiger partial charge on any atom is -0.346 e. The quantitative estimate of drug-likeness (QED) is 0.842. The zero-order chi connectivity index (χ0) is 15.4. The molecular weight excluding hydrogens is 268 g/mol. The molecule has 0 spiro atoms. The molecule has 1 amide bonds. The summed E-state index contributed by atoms with van der Waals surface area (Å²) in [7, 11) is 0. The van der Waals surface area contributed by atoms with Crippen LogP contribution in [0.1, 0.15) is 49.1 Å². The number of hydrogen-bond donors (Lipinski definition) is 2. The Morgan fingerprint density at radius 1 is 1.48 bits per heavy atom. The highest BCUT2D eigenvalue weighted by molar-refractivity contribution is 5.79. The van der Waals surface area contributed by atoms with Gasteiger partial charge in [0.15, 0.2) is 5.82 Å². The smallest absolute Gasteiger partial charge is 0.225 e. The van der Waals surface area contributed by atoms with Gasteiger partial charge < -0.3 is 9.88 Å². The molecule has 0 aliphatic rings. The van der Waals surface area contributed by atoms with Crippen molar-refractivity contribution in [3.63, 3.8) is 0 Å². The van der Waals surface area contributed by atoms with Gasteiger partial charge in [0, 0.05) is 17.8 Å². The van der Waals surface area contributed by atoms with Gasteiger partial charge in [-0.1, -0.05) is 6.92 Å². The van der Waals surface area contributed by atoms with Crippen LogP contribution in [0.4, 0.5) is 0 Å². The summed E-state index contributed by atoms with van der Waals surface area (Å²) >= 11 is 0. The zero-order valence-electron chi connectivity index (χ0n) is 13.0. The SMILES string of the molecule is CCCn1cnnc1C(C)NC(=O)Cc1c(C)n[nH]c1C. The Kier molecular flexibility index (Phi) is 4.72. The van der Waals surface area contributed by atoms with Crippen LogP contribution in [0.25, 0.3) is 0 Å². The molecule has 21 heavy (non-hydrogen) atoms. The van der Waals surface area contributed by atoms with Crippen LogP contribution in [0.15, 0.2) is 6.33 Å². The van der Waals surface area contributed by atoms with Crippen molar-refractivity contribution in [2.24, 2.45) is 0 Å². The Labute approximate surface area is 124 Å². The van der Waals surface area contributed by atoms with Crippen LogP contribution in [-0.2, 0) is 17.8 Å². The zero-order valence-corrected chi connectivity index (χ0v) is 13.0. The number of aromatic nitrogens is 5. The van der Waals surface area contributed by atoms with Gasteiger partial charge in [-0.3, -0.25) is 9.89 Å². The van der Waals surface area contributed by atoms with Crippen LogP contribution < -0.4 is 5.32 Å². The molecule has 2 rings (SSSR count). The van der Waals surface area contributed by atoms with Crippen molar-refractivity contribution in [1.29, 1.82) is 0 Å². The molecule has 2 heterocycles. The number of carbonyl (C=O) groups is 1. The summed E-state index contributed by atoms with van der Waals surface area (Å²) in [4.78, 5) is 12.2. The lowest BCUT2D eigenvalue weighted by molar-refractivity contribution is -0.121. The standard InChI is InChI=1S/C14H22N6O/c1-5-6-20-8-15-19-14(20)11(4)16-13(21)7-12-9(2)17-18-10(12)3/h8,11H,5-7H2,1-4H3,(H,16,21)(H,17,18). The minimum atomic E-state index is -0.168. The van der Waals surface area contributed by atoms with Crippen molar-refractivity contribution >= 4 is 5.91 Å². The highest BCUT2D eigenvalue weighted by Crippen LogP contribution is 2.13. The lowest BCUT2D eigenvalue weighted by Gasteiger charge is -2.14. The summed E-state index contributed by atoms with van der Waals surface area (Å²) < 4.78 is 1.97. The van der Waals surface area contributed by atoms with Crippen molar-refractivity contribution in [3.05, 3.63) is 29.1 Å². The van der Waals surface area contributed by atoms with Crippen LogP contribution in [0.5, 0.6) is 0 Å². The van der Waals surface area contributed by atoms with Crippen LogP contribution in [0, 0.1) is 13.8 Å². The average molecular weight is 290 g/mol. The largest absolute Gasteiger partial charge is 0.346 e. The van der Waals surface area contributed by atoms with E-state index in [1.807, 2.05) is 25.3 Å². The first-order valence-electron chi connectivity index (χ1n) is 7.20. The van der Waals surface area contributed by atoms with E-state index in [9.17, 15) is 4.79 Å². The summed E-state index contributed by atoms with van der Waals surface area (Å²) in [5.74, 6) is 0.743. The lowest BCUT2D eigenvalue weighted by atomic mass is 10.1. The molecule has 0 bridgehead atoms. The summed E-state index contributed by atoms with van der Waals surface area (Å²) in [5, 5.41) is 18.0. The fourth-order valence-corrected chi connectivity index (χ4v) is 2.36. The summed E-state index contributed by atoms with van der Waals surface area (Å²) in [6.45, 7) is 8.68. The van der Waals surface area contributed by atoms with Gasteiger partial charge in [0.1, 0.15) is 6.33 Å². The highest BCUT2D eigenvalue weighted by Gasteiger charge is 2.17. The van der Waals surface area contributed by atoms with E-state index in [1.165, 1.54) is 0 Å². The predicted octanol–water partition coefficient (Wildman–Crippen LogP) is 1.45. The third-order valence-electron chi connectivity index (χ3n) is 3.49. The van der Waals surface area contributed by atoms with Crippen molar-refractivity contribution in [3.8, 4) is 0 Å². The molecule has 0 aromatic carbocycles. The second kappa shape index (κ2) is 6.51. The van der Waals surface area contributed by atoms with Crippen molar-refractivity contribution < 1.29 is 4.79 Å². The Hall–Kier alpha value is -2.18. The van der Waals surface area contributed by atoms with Gasteiger partial charge in [0.25, 0.3) is 0 Å². The molecule has 1 unspecified atom stereocenters. The first-order valence-corrected chi connectivity index (χ1v) is 7.20. The van der Waals surface area contributed by atoms with E-state index in [-0.39, 0.29) is 11.9 Å². The molecule has 0 radical (unpaired) electrons. The van der Waals surface area contributed by atoms with Crippen molar-refractivity contribution in [1.82, 2.24) is 30.3 Å². The third kappa shape index (κ3) is 3.48. The molecule has 0 saturated carbocycles. The van der Waals surface area contributed by atoms with Gasteiger partial charge in [0.05, 0.1) is 18.2 Å². The van der Waals surface area contributed by atoms with E-state index in [1.54, 1.807) is 6.33 Å². The van der Waals surface area contributed by atoms with Crippen LogP contribution in [0.2, 0.25) is 0 Å². The van der Waals surface area contributed by atoms with Gasteiger partial charge in [-0.15, -0.1) is 10.2 Å². The number of nitrogens with one attached hydrogen (secondary N) is 2. The van der Waals surface area contributed by atoms with E-state index in [4.69, 9.17) is 0 Å². The number of aromatic amines is 1. The van der Waals surface area contributed by atoms with Gasteiger partial charge in [-0.2, -0.15) is 5.10 Å². The van der Waals surface area contributed by atoms with E-state index in [0.717, 1.165) is 35.7 Å². The number of nitrogens with zero attached hydrogens (tertiary/aromatic N) is 4. The normalized spacial score (nSPS) is 12.4. The van der Waals surface area contributed by atoms with Gasteiger partial charge in [-0.25, -0.2) is 0 Å². The summed E-state index contributed by atoms with van der Waals surface area (Å²) in [5.41, 5.74) is 2.75. The average Bonchev–Trinajstić information content (AvgIpc) is 3.01. The molecule has 2 N–H and O–H groups in total. The highest BCUT2D eigenvalue weighted by atomic mass is 16.1. The molecule has 2 aromatic heterocycles. The predicted molar refractivity (Wildman–Crippen MR) is 78.6 cm³/mol. The maximum atomic E-state index is 12.2. The van der Waals surface area contributed by atoms with E-state index < -0.39 is 0 Å². The van der Waals surface area contributed by atoms with Gasteiger partial charge >= 0.3 is 0 Å². The maximum absolute atomic E-state index is 12.2. The maximum Gasteiger partial charge on any atom is 0.225 e. The molecule has 0 saturated heterocycles. The number of aryl methyl sites for hydroxylation is 3. The van der Waals surface area contributed by atoms with Crippen LogP contribution in [0.3, 0.4) is 0 Å². The first kappa shape index (κ1) is 15.2. The Morgan fingerprint density at radius 2 is 2.24 bits per heavy atom. The van der Waals surface area contributed by atoms with Crippen LogP contribution in [-0.4, -0.2) is 30.9 Å². The lowest BCUT2D eigenvalue weighted by Crippen LogP contribution is -2.30. The van der Waals surface area contributed by atoms with E-state index in [2.05, 4.69) is 32.6 Å². The van der Waals surface area contributed by atoms with E-state index >= 15 is 0 Å². The van der Waals surface area contributed by atoms with E-state index in [0.29, 0.717) is 6.42 Å². The minimum absolute atomic E-state index is 0.0406. The first-order chi connectivity index (χ1) is 10.0. The molecule has 2 aromatic rings. The van der Waals surface area contributed by atoms with Crippen LogP contribution >= 0.6 is 0 Å². The topological polar surface area (TPSA) is 88.5 Å². The monoisotopic (exact) mass is 290 g/mol. The number of amides is 1. The molecule has 114 valence electrons.